The summed E-state index contributed by atoms with van der Waals surface area (Å²) in [6.45, 7) is 2.47. The molecule has 0 unspecified atom stereocenters. The lowest BCUT2D eigenvalue weighted by Gasteiger charge is -2.09. The summed E-state index contributed by atoms with van der Waals surface area (Å²) < 4.78 is 21.3. The summed E-state index contributed by atoms with van der Waals surface area (Å²) >= 11 is 0. The van der Waals surface area contributed by atoms with Crippen LogP contribution in [0.25, 0.3) is 11.3 Å². The zero-order chi connectivity index (χ0) is 20.8. The third-order valence-corrected chi connectivity index (χ3v) is 4.53. The van der Waals surface area contributed by atoms with Crippen molar-refractivity contribution in [2.75, 3.05) is 27.9 Å². The molecule has 7 heteroatoms. The Labute approximate surface area is 169 Å². The molecular weight excluding hydrogens is 372 g/mol. The number of hydrogen-bond acceptors (Lipinski definition) is 6. The minimum absolute atomic E-state index is 0.195. The van der Waals surface area contributed by atoms with E-state index in [9.17, 15) is 4.79 Å². The van der Waals surface area contributed by atoms with E-state index in [0.717, 1.165) is 16.9 Å². The monoisotopic (exact) mass is 396 g/mol. The highest BCUT2D eigenvalue weighted by molar-refractivity contribution is 5.93. The van der Waals surface area contributed by atoms with Gasteiger partial charge in [-0.2, -0.15) is 0 Å². The van der Waals surface area contributed by atoms with Crippen LogP contribution in [0.5, 0.6) is 17.2 Å². The number of carbonyl (C=O) groups excluding carboxylic acids is 1. The average molecular weight is 396 g/mol. The molecule has 7 nitrogen and oxygen atoms in total. The molecule has 0 atom stereocenters. The second kappa shape index (κ2) is 9.14. The van der Waals surface area contributed by atoms with Gasteiger partial charge in [0.2, 0.25) is 0 Å². The van der Waals surface area contributed by atoms with Gasteiger partial charge in [0.1, 0.15) is 17.2 Å². The van der Waals surface area contributed by atoms with Crippen LogP contribution in [-0.4, -0.2) is 38.9 Å². The number of nitrogens with one attached hydrogen (secondary N) is 1. The molecule has 0 saturated carbocycles. The number of aromatic nitrogens is 1. The standard InChI is InChI=1S/C22H24N2O5/c1-14-5-7-19(27-3)15(11-14)9-10-23-22(25)18-13-21(29-24-18)17-12-16(26-2)6-8-20(17)28-4/h5-8,11-13H,9-10H2,1-4H3,(H,23,25). The molecule has 0 radical (unpaired) electrons. The number of methoxy groups -OCH3 is 3. The highest BCUT2D eigenvalue weighted by Crippen LogP contribution is 2.33. The lowest BCUT2D eigenvalue weighted by Crippen LogP contribution is -2.26. The first-order valence-electron chi connectivity index (χ1n) is 9.16. The Balaban J connectivity index is 1.68. The number of carbonyl (C=O) groups is 1. The van der Waals surface area contributed by atoms with Crippen LogP contribution in [-0.2, 0) is 6.42 Å². The van der Waals surface area contributed by atoms with Gasteiger partial charge in [-0.15, -0.1) is 0 Å². The summed E-state index contributed by atoms with van der Waals surface area (Å²) in [5.41, 5.74) is 3.03. The molecule has 152 valence electrons. The van der Waals surface area contributed by atoms with Crippen molar-refractivity contribution in [3.8, 4) is 28.6 Å². The molecule has 1 aromatic heterocycles. The van der Waals surface area contributed by atoms with Gasteiger partial charge in [-0.1, -0.05) is 22.9 Å². The SMILES string of the molecule is COc1ccc(OC)c(-c2cc(C(=O)NCCc3cc(C)ccc3OC)no2)c1. The molecule has 0 aliphatic rings. The average Bonchev–Trinajstić information content (AvgIpc) is 3.23. The van der Waals surface area contributed by atoms with E-state index in [1.807, 2.05) is 25.1 Å². The van der Waals surface area contributed by atoms with Crippen LogP contribution >= 0.6 is 0 Å². The second-order valence-corrected chi connectivity index (χ2v) is 6.46. The number of benzene rings is 2. The summed E-state index contributed by atoms with van der Waals surface area (Å²) in [6, 6.07) is 12.9. The molecular formula is C22H24N2O5. The molecule has 0 aliphatic heterocycles. The summed E-state index contributed by atoms with van der Waals surface area (Å²) in [6.07, 6.45) is 0.644. The maximum absolute atomic E-state index is 12.5. The van der Waals surface area contributed by atoms with Gasteiger partial charge in [-0.3, -0.25) is 4.79 Å². The number of nitrogens with zero attached hydrogens (tertiary/aromatic N) is 1. The normalized spacial score (nSPS) is 10.5. The minimum Gasteiger partial charge on any atom is -0.497 e. The molecule has 1 heterocycles. The Morgan fingerprint density at radius 1 is 1.00 bits per heavy atom. The van der Waals surface area contributed by atoms with Crippen LogP contribution in [0.3, 0.4) is 0 Å². The highest BCUT2D eigenvalue weighted by Gasteiger charge is 2.17. The van der Waals surface area contributed by atoms with Crippen molar-refractivity contribution < 1.29 is 23.5 Å². The summed E-state index contributed by atoms with van der Waals surface area (Å²) in [4.78, 5) is 12.5. The topological polar surface area (TPSA) is 82.8 Å². The summed E-state index contributed by atoms with van der Waals surface area (Å²) in [5, 5.41) is 6.75. The molecule has 0 fully saturated rings. The van der Waals surface area contributed by atoms with Gasteiger partial charge >= 0.3 is 0 Å². The van der Waals surface area contributed by atoms with Gasteiger partial charge in [0.25, 0.3) is 5.91 Å². The summed E-state index contributed by atoms with van der Waals surface area (Å²) in [7, 11) is 4.78. The van der Waals surface area contributed by atoms with Crippen LogP contribution in [0.15, 0.2) is 47.0 Å². The molecule has 0 spiro atoms. The Kier molecular flexibility index (Phi) is 6.39. The molecule has 29 heavy (non-hydrogen) atoms. The zero-order valence-corrected chi connectivity index (χ0v) is 16.9. The predicted octanol–water partition coefficient (Wildman–Crippen LogP) is 3.65. The first kappa shape index (κ1) is 20.3. The first-order chi connectivity index (χ1) is 14.0. The van der Waals surface area contributed by atoms with Crippen molar-refractivity contribution in [3.63, 3.8) is 0 Å². The summed E-state index contributed by atoms with van der Waals surface area (Å²) in [5.74, 6) is 2.16. The number of aryl methyl sites for hydroxylation is 1. The Hall–Kier alpha value is -3.48. The maximum Gasteiger partial charge on any atom is 0.273 e. The van der Waals surface area contributed by atoms with E-state index in [2.05, 4.69) is 10.5 Å². The Morgan fingerprint density at radius 2 is 1.76 bits per heavy atom. The van der Waals surface area contributed by atoms with E-state index < -0.39 is 0 Å². The third kappa shape index (κ3) is 4.68. The molecule has 2 aromatic carbocycles. The zero-order valence-electron chi connectivity index (χ0n) is 16.9. The third-order valence-electron chi connectivity index (χ3n) is 4.53. The lowest BCUT2D eigenvalue weighted by atomic mass is 10.1. The van der Waals surface area contributed by atoms with Gasteiger partial charge in [0.05, 0.1) is 26.9 Å². The number of hydrogen-bond donors (Lipinski definition) is 1. The predicted molar refractivity (Wildman–Crippen MR) is 109 cm³/mol. The van der Waals surface area contributed by atoms with Gasteiger partial charge in [0, 0.05) is 12.6 Å². The number of ether oxygens (including phenoxy) is 3. The second-order valence-electron chi connectivity index (χ2n) is 6.46. The van der Waals surface area contributed by atoms with Crippen LogP contribution in [0, 0.1) is 6.92 Å². The van der Waals surface area contributed by atoms with E-state index in [-0.39, 0.29) is 11.6 Å². The number of amides is 1. The van der Waals surface area contributed by atoms with Gasteiger partial charge < -0.3 is 24.1 Å². The van der Waals surface area contributed by atoms with Crippen molar-refractivity contribution in [1.82, 2.24) is 10.5 Å². The van der Waals surface area contributed by atoms with Gasteiger partial charge in [0.15, 0.2) is 11.5 Å². The smallest absolute Gasteiger partial charge is 0.273 e. The molecule has 0 saturated heterocycles. The number of rotatable bonds is 8. The van der Waals surface area contributed by atoms with Gasteiger partial charge in [-0.25, -0.2) is 0 Å². The Bertz CT molecular complexity index is 997. The van der Waals surface area contributed by atoms with Crippen LogP contribution in [0.4, 0.5) is 0 Å². The van der Waals surface area contributed by atoms with Crippen molar-refractivity contribution in [2.24, 2.45) is 0 Å². The lowest BCUT2D eigenvalue weighted by molar-refractivity contribution is 0.0945. The van der Waals surface area contributed by atoms with Crippen molar-refractivity contribution in [1.29, 1.82) is 0 Å². The molecule has 3 rings (SSSR count). The van der Waals surface area contributed by atoms with Crippen molar-refractivity contribution >= 4 is 5.91 Å². The van der Waals surface area contributed by atoms with E-state index in [1.54, 1.807) is 45.6 Å². The van der Waals surface area contributed by atoms with Crippen LogP contribution in [0.1, 0.15) is 21.6 Å². The van der Waals surface area contributed by atoms with Crippen molar-refractivity contribution in [2.45, 2.75) is 13.3 Å². The van der Waals surface area contributed by atoms with Crippen LogP contribution in [0.2, 0.25) is 0 Å². The quantitative estimate of drug-likeness (QED) is 0.626. The van der Waals surface area contributed by atoms with E-state index >= 15 is 0 Å². The van der Waals surface area contributed by atoms with E-state index in [1.165, 1.54) is 0 Å². The first-order valence-corrected chi connectivity index (χ1v) is 9.16. The maximum atomic E-state index is 12.5. The van der Waals surface area contributed by atoms with E-state index in [4.69, 9.17) is 18.7 Å². The molecule has 0 bridgehead atoms. The molecule has 1 amide bonds. The fourth-order valence-corrected chi connectivity index (χ4v) is 3.02. The molecule has 1 N–H and O–H groups in total. The van der Waals surface area contributed by atoms with E-state index in [0.29, 0.717) is 35.8 Å². The van der Waals surface area contributed by atoms with Crippen LogP contribution < -0.4 is 19.5 Å². The van der Waals surface area contributed by atoms with Crippen molar-refractivity contribution in [3.05, 3.63) is 59.3 Å². The largest absolute Gasteiger partial charge is 0.497 e. The molecule has 0 aliphatic carbocycles. The van der Waals surface area contributed by atoms with Gasteiger partial charge in [-0.05, 0) is 43.2 Å². The fourth-order valence-electron chi connectivity index (χ4n) is 3.02. The Morgan fingerprint density at radius 3 is 2.48 bits per heavy atom. The fraction of sp³-hybridized carbons (Fsp3) is 0.273. The minimum atomic E-state index is -0.312. The highest BCUT2D eigenvalue weighted by atomic mass is 16.5. The molecule has 3 aromatic rings.